The molecule has 4 rings (SSSR count). The van der Waals surface area contributed by atoms with Gasteiger partial charge in [0.05, 0.1) is 24.7 Å². The van der Waals surface area contributed by atoms with Crippen molar-refractivity contribution in [3.05, 3.63) is 63.0 Å². The van der Waals surface area contributed by atoms with Gasteiger partial charge in [-0.25, -0.2) is 0 Å². The molecule has 0 saturated carbocycles. The number of carbonyl (C=O) groups excluding carboxylic acids is 3. The number of imide groups is 1. The van der Waals surface area contributed by atoms with Crippen molar-refractivity contribution < 1.29 is 28.6 Å². The Balaban J connectivity index is 1.45. The van der Waals surface area contributed by atoms with Crippen LogP contribution in [-0.2, 0) is 20.9 Å². The highest BCUT2D eigenvalue weighted by Gasteiger charge is 2.37. The Hall–Kier alpha value is -2.82. The summed E-state index contributed by atoms with van der Waals surface area (Å²) in [6, 6.07) is 13.2. The van der Waals surface area contributed by atoms with Gasteiger partial charge in [-0.15, -0.1) is 0 Å². The van der Waals surface area contributed by atoms with Gasteiger partial charge in [0, 0.05) is 17.6 Å². The SMILES string of the molecule is CCOc1cc(/C=C2\SC(=O)N(CC(=O)N3CCOCC3)C2=O)ccc1OCc1ccc(Br)cc1. The van der Waals surface area contributed by atoms with Crippen LogP contribution < -0.4 is 9.47 Å². The first-order chi connectivity index (χ1) is 16.9. The van der Waals surface area contributed by atoms with Gasteiger partial charge in [-0.2, -0.15) is 0 Å². The maximum Gasteiger partial charge on any atom is 0.294 e. The molecule has 0 aromatic heterocycles. The molecule has 0 unspecified atom stereocenters. The molecular weight excluding hydrogens is 536 g/mol. The van der Waals surface area contributed by atoms with Crippen molar-refractivity contribution in [2.24, 2.45) is 0 Å². The highest BCUT2D eigenvalue weighted by molar-refractivity contribution is 9.10. The summed E-state index contributed by atoms with van der Waals surface area (Å²) in [7, 11) is 0. The van der Waals surface area contributed by atoms with Gasteiger partial charge in [0.25, 0.3) is 11.1 Å². The van der Waals surface area contributed by atoms with Gasteiger partial charge in [0.2, 0.25) is 5.91 Å². The lowest BCUT2D eigenvalue weighted by atomic mass is 10.1. The van der Waals surface area contributed by atoms with E-state index in [1.165, 1.54) is 0 Å². The number of hydrogen-bond acceptors (Lipinski definition) is 7. The molecule has 10 heteroatoms. The van der Waals surface area contributed by atoms with E-state index >= 15 is 0 Å². The summed E-state index contributed by atoms with van der Waals surface area (Å²) in [4.78, 5) is 40.7. The van der Waals surface area contributed by atoms with Gasteiger partial charge < -0.3 is 19.1 Å². The van der Waals surface area contributed by atoms with Crippen molar-refractivity contribution in [2.45, 2.75) is 13.5 Å². The largest absolute Gasteiger partial charge is 0.490 e. The van der Waals surface area contributed by atoms with Crippen molar-refractivity contribution in [1.29, 1.82) is 0 Å². The summed E-state index contributed by atoms with van der Waals surface area (Å²) in [6.45, 7) is 4.26. The fraction of sp³-hybridized carbons (Fsp3) is 0.320. The molecule has 35 heavy (non-hydrogen) atoms. The third kappa shape index (κ3) is 6.45. The van der Waals surface area contributed by atoms with E-state index in [0.717, 1.165) is 26.7 Å². The number of carbonyl (C=O) groups is 3. The van der Waals surface area contributed by atoms with E-state index in [1.807, 2.05) is 31.2 Å². The summed E-state index contributed by atoms with van der Waals surface area (Å²) in [6.07, 6.45) is 1.63. The van der Waals surface area contributed by atoms with Crippen LogP contribution in [0, 0.1) is 0 Å². The molecule has 2 aliphatic rings. The summed E-state index contributed by atoms with van der Waals surface area (Å²) < 4.78 is 17.9. The van der Waals surface area contributed by atoms with Crippen LogP contribution in [-0.4, -0.2) is 66.3 Å². The first-order valence-electron chi connectivity index (χ1n) is 11.2. The first kappa shape index (κ1) is 25.3. The predicted molar refractivity (Wildman–Crippen MR) is 136 cm³/mol. The average molecular weight is 561 g/mol. The number of nitrogens with zero attached hydrogens (tertiary/aromatic N) is 2. The van der Waals surface area contributed by atoms with Crippen LogP contribution in [0.25, 0.3) is 6.08 Å². The number of morpholine rings is 1. The molecule has 2 saturated heterocycles. The number of ether oxygens (including phenoxy) is 3. The molecule has 0 atom stereocenters. The lowest BCUT2D eigenvalue weighted by Gasteiger charge is -2.28. The number of amides is 3. The second-order valence-electron chi connectivity index (χ2n) is 7.82. The van der Waals surface area contributed by atoms with Crippen LogP contribution in [0.1, 0.15) is 18.1 Å². The molecule has 0 spiro atoms. The molecule has 0 aliphatic carbocycles. The third-order valence-corrected chi connectivity index (χ3v) is 6.84. The lowest BCUT2D eigenvalue weighted by molar-refractivity contribution is -0.139. The quantitative estimate of drug-likeness (QED) is 0.444. The minimum Gasteiger partial charge on any atom is -0.490 e. The number of hydrogen-bond donors (Lipinski definition) is 0. The maximum absolute atomic E-state index is 12.9. The van der Waals surface area contributed by atoms with Crippen LogP contribution >= 0.6 is 27.7 Å². The van der Waals surface area contributed by atoms with Gasteiger partial charge >= 0.3 is 0 Å². The molecule has 184 valence electrons. The summed E-state index contributed by atoms with van der Waals surface area (Å²) in [5.41, 5.74) is 1.70. The van der Waals surface area contributed by atoms with Crippen molar-refractivity contribution in [1.82, 2.24) is 9.80 Å². The molecule has 3 amide bonds. The van der Waals surface area contributed by atoms with Gasteiger partial charge in [-0.1, -0.05) is 34.1 Å². The van der Waals surface area contributed by atoms with E-state index in [9.17, 15) is 14.4 Å². The molecule has 2 aromatic rings. The topological polar surface area (TPSA) is 85.4 Å². The molecule has 8 nitrogen and oxygen atoms in total. The monoisotopic (exact) mass is 560 g/mol. The fourth-order valence-corrected chi connectivity index (χ4v) is 4.68. The molecule has 0 bridgehead atoms. The van der Waals surface area contributed by atoms with Crippen molar-refractivity contribution in [2.75, 3.05) is 39.5 Å². The van der Waals surface area contributed by atoms with Gasteiger partial charge in [0.1, 0.15) is 13.2 Å². The summed E-state index contributed by atoms with van der Waals surface area (Å²) >= 11 is 4.24. The predicted octanol–water partition coefficient (Wildman–Crippen LogP) is 4.32. The minimum absolute atomic E-state index is 0.260. The molecule has 0 N–H and O–H groups in total. The number of benzene rings is 2. The van der Waals surface area contributed by atoms with E-state index in [4.69, 9.17) is 14.2 Å². The summed E-state index contributed by atoms with van der Waals surface area (Å²) in [5, 5.41) is -0.456. The Labute approximate surface area is 216 Å². The van der Waals surface area contributed by atoms with E-state index in [-0.39, 0.29) is 17.4 Å². The highest BCUT2D eigenvalue weighted by Crippen LogP contribution is 2.35. The smallest absolute Gasteiger partial charge is 0.294 e. The first-order valence-corrected chi connectivity index (χ1v) is 12.8. The van der Waals surface area contributed by atoms with Gasteiger partial charge in [-0.3, -0.25) is 19.3 Å². The van der Waals surface area contributed by atoms with E-state index < -0.39 is 11.1 Å². The van der Waals surface area contributed by atoms with E-state index in [1.54, 1.807) is 29.2 Å². The zero-order chi connectivity index (χ0) is 24.8. The Kier molecular flexibility index (Phi) is 8.48. The Morgan fingerprint density at radius 2 is 1.83 bits per heavy atom. The van der Waals surface area contributed by atoms with Crippen molar-refractivity contribution in [3.63, 3.8) is 0 Å². The van der Waals surface area contributed by atoms with E-state index in [0.29, 0.717) is 56.6 Å². The van der Waals surface area contributed by atoms with Crippen molar-refractivity contribution >= 4 is 50.8 Å². The van der Waals surface area contributed by atoms with Crippen molar-refractivity contribution in [3.8, 4) is 11.5 Å². The Morgan fingerprint density at radius 1 is 1.09 bits per heavy atom. The van der Waals surface area contributed by atoms with Gasteiger partial charge in [0.15, 0.2) is 11.5 Å². The lowest BCUT2D eigenvalue weighted by Crippen LogP contribution is -2.46. The maximum atomic E-state index is 12.9. The van der Waals surface area contributed by atoms with Crippen LogP contribution in [0.5, 0.6) is 11.5 Å². The minimum atomic E-state index is -0.477. The second kappa shape index (κ2) is 11.7. The van der Waals surface area contributed by atoms with E-state index in [2.05, 4.69) is 15.9 Å². The van der Waals surface area contributed by atoms with Crippen LogP contribution in [0.2, 0.25) is 0 Å². The number of halogens is 1. The Bertz CT molecular complexity index is 1130. The molecule has 0 radical (unpaired) electrons. The highest BCUT2D eigenvalue weighted by atomic mass is 79.9. The third-order valence-electron chi connectivity index (χ3n) is 5.40. The van der Waals surface area contributed by atoms with Crippen LogP contribution in [0.3, 0.4) is 0 Å². The normalized spacial score (nSPS) is 17.3. The molecule has 2 aliphatic heterocycles. The Morgan fingerprint density at radius 3 is 2.54 bits per heavy atom. The van der Waals surface area contributed by atoms with Crippen LogP contribution in [0.15, 0.2) is 51.8 Å². The van der Waals surface area contributed by atoms with Gasteiger partial charge in [-0.05, 0) is 60.2 Å². The number of rotatable bonds is 8. The summed E-state index contributed by atoms with van der Waals surface area (Å²) in [5.74, 6) is 0.383. The number of thioether (sulfide) groups is 1. The zero-order valence-electron chi connectivity index (χ0n) is 19.2. The molecule has 2 aromatic carbocycles. The fourth-order valence-electron chi connectivity index (χ4n) is 3.58. The standard InChI is InChI=1S/C25H25BrN2O6S/c1-2-33-21-13-18(5-8-20(21)34-16-17-3-6-19(26)7-4-17)14-22-24(30)28(25(31)35-22)15-23(29)27-9-11-32-12-10-27/h3-8,13-14H,2,9-12,15-16H2,1H3/b22-14-. The molecule has 2 heterocycles. The molecular formula is C25H25BrN2O6S. The van der Waals surface area contributed by atoms with Crippen LogP contribution in [0.4, 0.5) is 4.79 Å². The zero-order valence-corrected chi connectivity index (χ0v) is 21.6. The second-order valence-corrected chi connectivity index (χ2v) is 9.72. The molecule has 2 fully saturated rings. The average Bonchev–Trinajstić information content (AvgIpc) is 3.12.